The molecule has 0 spiro atoms. The Balaban J connectivity index is 1.90. The second kappa shape index (κ2) is 5.26. The summed E-state index contributed by atoms with van der Waals surface area (Å²) in [7, 11) is 1.86. The van der Waals surface area contributed by atoms with Crippen LogP contribution in [0.15, 0.2) is 24.8 Å². The standard InChI is InChI=1S/C11H13N5O2/c1-16-7-8(4-14-16)2-3-13-10-6-12-5-9(15-10)11(17)18/h4-7H,2-3H2,1H3,(H,13,15)(H,17,18). The Morgan fingerprint density at radius 2 is 2.28 bits per heavy atom. The van der Waals surface area contributed by atoms with Crippen molar-refractivity contribution in [3.63, 3.8) is 0 Å². The van der Waals surface area contributed by atoms with Gasteiger partial charge in [0.25, 0.3) is 0 Å². The zero-order valence-corrected chi connectivity index (χ0v) is 9.87. The van der Waals surface area contributed by atoms with E-state index >= 15 is 0 Å². The number of aromatic nitrogens is 4. The summed E-state index contributed by atoms with van der Waals surface area (Å²) in [5.74, 6) is -0.628. The van der Waals surface area contributed by atoms with Crippen LogP contribution >= 0.6 is 0 Å². The fourth-order valence-electron chi connectivity index (χ4n) is 1.49. The van der Waals surface area contributed by atoms with Crippen molar-refractivity contribution < 1.29 is 9.90 Å². The van der Waals surface area contributed by atoms with Gasteiger partial charge in [-0.15, -0.1) is 0 Å². The van der Waals surface area contributed by atoms with Crippen molar-refractivity contribution in [1.29, 1.82) is 0 Å². The van der Waals surface area contributed by atoms with Crippen molar-refractivity contribution in [2.24, 2.45) is 7.05 Å². The molecule has 2 rings (SSSR count). The SMILES string of the molecule is Cn1cc(CCNc2cncc(C(=O)O)n2)cn1. The fraction of sp³-hybridized carbons (Fsp3) is 0.273. The van der Waals surface area contributed by atoms with Gasteiger partial charge in [0.05, 0.1) is 18.6 Å². The third kappa shape index (κ3) is 3.03. The lowest BCUT2D eigenvalue weighted by atomic mass is 10.2. The highest BCUT2D eigenvalue weighted by Gasteiger charge is 2.05. The van der Waals surface area contributed by atoms with Gasteiger partial charge in [0.1, 0.15) is 5.82 Å². The van der Waals surface area contributed by atoms with E-state index in [9.17, 15) is 4.79 Å². The predicted molar refractivity (Wildman–Crippen MR) is 64.4 cm³/mol. The second-order valence-electron chi connectivity index (χ2n) is 3.79. The van der Waals surface area contributed by atoms with Crippen LogP contribution in [0.1, 0.15) is 16.1 Å². The monoisotopic (exact) mass is 247 g/mol. The zero-order chi connectivity index (χ0) is 13.0. The number of nitrogens with zero attached hydrogens (tertiary/aromatic N) is 4. The molecule has 0 amide bonds. The molecule has 18 heavy (non-hydrogen) atoms. The van der Waals surface area contributed by atoms with Crippen LogP contribution in [0.3, 0.4) is 0 Å². The van der Waals surface area contributed by atoms with E-state index in [1.807, 2.05) is 13.2 Å². The van der Waals surface area contributed by atoms with E-state index in [1.54, 1.807) is 10.9 Å². The van der Waals surface area contributed by atoms with Gasteiger partial charge in [-0.2, -0.15) is 5.10 Å². The maximum absolute atomic E-state index is 10.7. The van der Waals surface area contributed by atoms with Gasteiger partial charge in [0.2, 0.25) is 0 Å². The molecule has 0 aliphatic carbocycles. The van der Waals surface area contributed by atoms with Crippen LogP contribution in [0, 0.1) is 0 Å². The topological polar surface area (TPSA) is 92.9 Å². The highest BCUT2D eigenvalue weighted by atomic mass is 16.4. The minimum atomic E-state index is -1.08. The molecule has 0 aliphatic heterocycles. The maximum atomic E-state index is 10.7. The smallest absolute Gasteiger partial charge is 0.356 e. The molecule has 0 bridgehead atoms. The number of aromatic carboxylic acids is 1. The fourth-order valence-corrected chi connectivity index (χ4v) is 1.49. The number of hydrogen-bond donors (Lipinski definition) is 2. The first kappa shape index (κ1) is 12.0. The molecule has 0 fully saturated rings. The summed E-state index contributed by atoms with van der Waals surface area (Å²) in [5, 5.41) is 15.9. The molecule has 0 atom stereocenters. The third-order valence-corrected chi connectivity index (χ3v) is 2.33. The summed E-state index contributed by atoms with van der Waals surface area (Å²) in [6, 6.07) is 0. The Hall–Kier alpha value is -2.44. The maximum Gasteiger partial charge on any atom is 0.356 e. The van der Waals surface area contributed by atoms with Crippen molar-refractivity contribution in [3.05, 3.63) is 36.0 Å². The number of carbonyl (C=O) groups is 1. The Bertz CT molecular complexity index is 552. The molecule has 7 nitrogen and oxygen atoms in total. The third-order valence-electron chi connectivity index (χ3n) is 2.33. The zero-order valence-electron chi connectivity index (χ0n) is 9.87. The van der Waals surface area contributed by atoms with Gasteiger partial charge in [-0.3, -0.25) is 9.67 Å². The molecular formula is C11H13N5O2. The Morgan fingerprint density at radius 3 is 2.94 bits per heavy atom. The molecule has 0 unspecified atom stereocenters. The summed E-state index contributed by atoms with van der Waals surface area (Å²) in [6.07, 6.45) is 7.22. The summed E-state index contributed by atoms with van der Waals surface area (Å²) in [6.45, 7) is 0.642. The quantitative estimate of drug-likeness (QED) is 0.802. The number of hydrogen-bond acceptors (Lipinski definition) is 5. The Morgan fingerprint density at radius 1 is 1.44 bits per heavy atom. The Kier molecular flexibility index (Phi) is 3.52. The number of aryl methyl sites for hydroxylation is 1. The summed E-state index contributed by atoms with van der Waals surface area (Å²) in [4.78, 5) is 18.4. The van der Waals surface area contributed by atoms with Crippen LogP contribution in [-0.2, 0) is 13.5 Å². The average Bonchev–Trinajstić information content (AvgIpc) is 2.75. The molecule has 2 heterocycles. The number of anilines is 1. The summed E-state index contributed by atoms with van der Waals surface area (Å²) < 4.78 is 1.74. The molecular weight excluding hydrogens is 234 g/mol. The lowest BCUT2D eigenvalue weighted by Crippen LogP contribution is -2.09. The number of rotatable bonds is 5. The molecule has 0 saturated heterocycles. The number of carboxylic acids is 1. The Labute approximate surface area is 104 Å². The van der Waals surface area contributed by atoms with Gasteiger partial charge in [-0.25, -0.2) is 9.78 Å². The normalized spacial score (nSPS) is 10.3. The highest BCUT2D eigenvalue weighted by molar-refractivity contribution is 5.85. The van der Waals surface area contributed by atoms with E-state index in [4.69, 9.17) is 5.11 Å². The van der Waals surface area contributed by atoms with Crippen molar-refractivity contribution >= 4 is 11.8 Å². The molecule has 0 radical (unpaired) electrons. The predicted octanol–water partition coefficient (Wildman–Crippen LogP) is 0.563. The van der Waals surface area contributed by atoms with Crippen LogP contribution in [0.4, 0.5) is 5.82 Å². The molecule has 0 aliphatic rings. The van der Waals surface area contributed by atoms with E-state index in [2.05, 4.69) is 20.4 Å². The van der Waals surface area contributed by atoms with E-state index in [0.717, 1.165) is 12.0 Å². The minimum absolute atomic E-state index is 0.0682. The number of nitrogens with one attached hydrogen (secondary N) is 1. The summed E-state index contributed by atoms with van der Waals surface area (Å²) in [5.41, 5.74) is 1.04. The van der Waals surface area contributed by atoms with Crippen molar-refractivity contribution in [1.82, 2.24) is 19.7 Å². The van der Waals surface area contributed by atoms with Crippen LogP contribution in [0.25, 0.3) is 0 Å². The average molecular weight is 247 g/mol. The molecule has 2 N–H and O–H groups in total. The molecule has 0 aromatic carbocycles. The van der Waals surface area contributed by atoms with Crippen molar-refractivity contribution in [3.8, 4) is 0 Å². The van der Waals surface area contributed by atoms with Crippen molar-refractivity contribution in [2.75, 3.05) is 11.9 Å². The number of carboxylic acid groups (broad SMARTS) is 1. The second-order valence-corrected chi connectivity index (χ2v) is 3.79. The lowest BCUT2D eigenvalue weighted by molar-refractivity contribution is 0.0690. The molecule has 94 valence electrons. The first-order valence-corrected chi connectivity index (χ1v) is 5.42. The van der Waals surface area contributed by atoms with Gasteiger partial charge < -0.3 is 10.4 Å². The van der Waals surface area contributed by atoms with E-state index in [0.29, 0.717) is 12.4 Å². The van der Waals surface area contributed by atoms with Crippen molar-refractivity contribution in [2.45, 2.75) is 6.42 Å². The van der Waals surface area contributed by atoms with Gasteiger partial charge in [0, 0.05) is 19.8 Å². The molecule has 2 aromatic heterocycles. The molecule has 0 saturated carbocycles. The molecule has 2 aromatic rings. The first-order valence-electron chi connectivity index (χ1n) is 5.42. The largest absolute Gasteiger partial charge is 0.476 e. The molecule has 7 heteroatoms. The van der Waals surface area contributed by atoms with Gasteiger partial charge in [-0.1, -0.05) is 0 Å². The van der Waals surface area contributed by atoms with Crippen LogP contribution in [-0.4, -0.2) is 37.4 Å². The van der Waals surface area contributed by atoms with Crippen LogP contribution in [0.5, 0.6) is 0 Å². The first-order chi connectivity index (χ1) is 8.65. The van der Waals surface area contributed by atoms with Crippen LogP contribution in [0.2, 0.25) is 0 Å². The van der Waals surface area contributed by atoms with Crippen LogP contribution < -0.4 is 5.32 Å². The van der Waals surface area contributed by atoms with E-state index in [-0.39, 0.29) is 5.69 Å². The van der Waals surface area contributed by atoms with Gasteiger partial charge >= 0.3 is 5.97 Å². The van der Waals surface area contributed by atoms with E-state index < -0.39 is 5.97 Å². The minimum Gasteiger partial charge on any atom is -0.476 e. The van der Waals surface area contributed by atoms with E-state index in [1.165, 1.54) is 12.4 Å². The van der Waals surface area contributed by atoms with Gasteiger partial charge in [0.15, 0.2) is 5.69 Å². The summed E-state index contributed by atoms with van der Waals surface area (Å²) >= 11 is 0. The highest BCUT2D eigenvalue weighted by Crippen LogP contribution is 2.03. The lowest BCUT2D eigenvalue weighted by Gasteiger charge is -2.04. The van der Waals surface area contributed by atoms with Gasteiger partial charge in [-0.05, 0) is 12.0 Å².